The van der Waals surface area contributed by atoms with Crippen LogP contribution in [-0.4, -0.2) is 15.8 Å². The van der Waals surface area contributed by atoms with Crippen molar-refractivity contribution in [1.29, 1.82) is 0 Å². The zero-order valence-corrected chi connectivity index (χ0v) is 13.5. The number of nitrogens with one attached hydrogen (secondary N) is 1. The maximum absolute atomic E-state index is 5.68. The normalized spacial score (nSPS) is 12.8. The number of aromatic nitrogens is 2. The van der Waals surface area contributed by atoms with Crippen LogP contribution in [0.25, 0.3) is 0 Å². The van der Waals surface area contributed by atoms with Gasteiger partial charge in [0, 0.05) is 25.2 Å². The first-order valence-electron chi connectivity index (χ1n) is 8.13. The summed E-state index contributed by atoms with van der Waals surface area (Å²) in [6.45, 7) is 4.29. The molecule has 0 fully saturated rings. The molecular weight excluding hydrogens is 248 g/mol. The van der Waals surface area contributed by atoms with Gasteiger partial charge in [-0.25, -0.2) is 0 Å². The quantitative estimate of drug-likeness (QED) is 0.372. The van der Waals surface area contributed by atoms with E-state index in [1.54, 1.807) is 0 Å². The monoisotopic (exact) mass is 280 g/mol. The molecule has 3 N–H and O–H groups in total. The highest BCUT2D eigenvalue weighted by Crippen LogP contribution is 2.12. The lowest BCUT2D eigenvalue weighted by molar-refractivity contribution is 0.449. The molecule has 1 unspecified atom stereocenters. The minimum Gasteiger partial charge on any atom is -0.272 e. The molecule has 1 aromatic heterocycles. The van der Waals surface area contributed by atoms with Crippen LogP contribution in [0.15, 0.2) is 6.07 Å². The van der Waals surface area contributed by atoms with E-state index in [9.17, 15) is 0 Å². The van der Waals surface area contributed by atoms with Gasteiger partial charge in [0.15, 0.2) is 0 Å². The lowest BCUT2D eigenvalue weighted by atomic mass is 10.0. The van der Waals surface area contributed by atoms with Crippen molar-refractivity contribution in [3.63, 3.8) is 0 Å². The molecule has 0 aliphatic heterocycles. The topological polar surface area (TPSA) is 55.9 Å². The Morgan fingerprint density at radius 2 is 1.85 bits per heavy atom. The van der Waals surface area contributed by atoms with Gasteiger partial charge in [-0.05, 0) is 19.4 Å². The summed E-state index contributed by atoms with van der Waals surface area (Å²) >= 11 is 0. The second-order valence-corrected chi connectivity index (χ2v) is 5.88. The second kappa shape index (κ2) is 9.94. The Morgan fingerprint density at radius 3 is 2.40 bits per heavy atom. The van der Waals surface area contributed by atoms with Gasteiger partial charge in [-0.1, -0.05) is 51.9 Å². The van der Waals surface area contributed by atoms with Crippen molar-refractivity contribution in [3.8, 4) is 0 Å². The summed E-state index contributed by atoms with van der Waals surface area (Å²) < 4.78 is 1.96. The van der Waals surface area contributed by atoms with Crippen LogP contribution in [0.2, 0.25) is 0 Å². The highest BCUT2D eigenvalue weighted by molar-refractivity contribution is 5.09. The Labute approximate surface area is 124 Å². The van der Waals surface area contributed by atoms with E-state index in [1.807, 2.05) is 18.7 Å². The summed E-state index contributed by atoms with van der Waals surface area (Å²) in [5.41, 5.74) is 5.29. The largest absolute Gasteiger partial charge is 0.272 e. The number of aryl methyl sites for hydroxylation is 2. The minimum atomic E-state index is 0.362. The summed E-state index contributed by atoms with van der Waals surface area (Å²) in [5.74, 6) is 5.68. The Morgan fingerprint density at radius 1 is 1.20 bits per heavy atom. The molecule has 0 saturated carbocycles. The first-order valence-corrected chi connectivity index (χ1v) is 8.13. The number of rotatable bonds is 11. The van der Waals surface area contributed by atoms with Crippen molar-refractivity contribution < 1.29 is 0 Å². The third-order valence-corrected chi connectivity index (χ3v) is 3.95. The predicted molar refractivity (Wildman–Crippen MR) is 85.4 cm³/mol. The number of nitrogens with two attached hydrogens (primary N) is 1. The molecule has 1 atom stereocenters. The SMILES string of the molecule is CCCCCCCCCC(Cc1cc(C)nn1C)NN. The van der Waals surface area contributed by atoms with E-state index in [4.69, 9.17) is 5.84 Å². The lowest BCUT2D eigenvalue weighted by Gasteiger charge is -2.15. The number of hydrazine groups is 1. The highest BCUT2D eigenvalue weighted by Gasteiger charge is 2.11. The fourth-order valence-corrected chi connectivity index (χ4v) is 2.70. The van der Waals surface area contributed by atoms with Gasteiger partial charge in [0.2, 0.25) is 0 Å². The third-order valence-electron chi connectivity index (χ3n) is 3.95. The van der Waals surface area contributed by atoms with Crippen molar-refractivity contribution in [2.75, 3.05) is 0 Å². The van der Waals surface area contributed by atoms with Crippen molar-refractivity contribution in [1.82, 2.24) is 15.2 Å². The maximum atomic E-state index is 5.68. The molecule has 1 heterocycles. The molecule has 0 aromatic carbocycles. The van der Waals surface area contributed by atoms with E-state index in [0.717, 1.165) is 18.5 Å². The Bertz CT molecular complexity index is 359. The van der Waals surface area contributed by atoms with Gasteiger partial charge in [0.05, 0.1) is 5.69 Å². The van der Waals surface area contributed by atoms with E-state index in [2.05, 4.69) is 23.5 Å². The molecule has 0 aliphatic rings. The summed E-state index contributed by atoms with van der Waals surface area (Å²) in [4.78, 5) is 0. The molecule has 4 heteroatoms. The van der Waals surface area contributed by atoms with E-state index in [-0.39, 0.29) is 0 Å². The Balaban J connectivity index is 2.18. The van der Waals surface area contributed by atoms with Crippen LogP contribution in [0, 0.1) is 6.92 Å². The van der Waals surface area contributed by atoms with Gasteiger partial charge in [-0.3, -0.25) is 16.0 Å². The van der Waals surface area contributed by atoms with Gasteiger partial charge in [0.25, 0.3) is 0 Å². The van der Waals surface area contributed by atoms with Gasteiger partial charge >= 0.3 is 0 Å². The van der Waals surface area contributed by atoms with Crippen LogP contribution < -0.4 is 11.3 Å². The van der Waals surface area contributed by atoms with Crippen LogP contribution >= 0.6 is 0 Å². The summed E-state index contributed by atoms with van der Waals surface area (Å²) in [7, 11) is 2.00. The molecule has 1 aromatic rings. The molecular formula is C16H32N4. The van der Waals surface area contributed by atoms with Gasteiger partial charge < -0.3 is 0 Å². The van der Waals surface area contributed by atoms with Crippen LogP contribution in [-0.2, 0) is 13.5 Å². The maximum Gasteiger partial charge on any atom is 0.0596 e. The summed E-state index contributed by atoms with van der Waals surface area (Å²) in [6.07, 6.45) is 11.5. The van der Waals surface area contributed by atoms with Gasteiger partial charge in [-0.15, -0.1) is 0 Å². The van der Waals surface area contributed by atoms with Crippen LogP contribution in [0.5, 0.6) is 0 Å². The summed E-state index contributed by atoms with van der Waals surface area (Å²) in [5, 5.41) is 4.38. The standard InChI is InChI=1S/C16H32N4/c1-4-5-6-7-8-9-10-11-15(18-17)13-16-12-14(2)19-20(16)3/h12,15,18H,4-11,13,17H2,1-3H3. The van der Waals surface area contributed by atoms with E-state index < -0.39 is 0 Å². The average Bonchev–Trinajstić information content (AvgIpc) is 2.74. The van der Waals surface area contributed by atoms with Crippen LogP contribution in [0.4, 0.5) is 0 Å². The van der Waals surface area contributed by atoms with E-state index in [0.29, 0.717) is 6.04 Å². The number of hydrogen-bond acceptors (Lipinski definition) is 3. The zero-order chi connectivity index (χ0) is 14.8. The summed E-state index contributed by atoms with van der Waals surface area (Å²) in [6, 6.07) is 2.51. The molecule has 0 amide bonds. The lowest BCUT2D eigenvalue weighted by Crippen LogP contribution is -2.37. The molecule has 1 rings (SSSR count). The van der Waals surface area contributed by atoms with Crippen LogP contribution in [0.3, 0.4) is 0 Å². The van der Waals surface area contributed by atoms with Crippen molar-refractivity contribution >= 4 is 0 Å². The molecule has 0 saturated heterocycles. The number of nitrogens with zero attached hydrogens (tertiary/aromatic N) is 2. The van der Waals surface area contributed by atoms with Gasteiger partial charge in [0.1, 0.15) is 0 Å². The van der Waals surface area contributed by atoms with E-state index >= 15 is 0 Å². The molecule has 116 valence electrons. The molecule has 0 aliphatic carbocycles. The Kier molecular flexibility index (Phi) is 8.54. The van der Waals surface area contributed by atoms with Crippen LogP contribution in [0.1, 0.15) is 69.7 Å². The first kappa shape index (κ1) is 17.2. The molecule has 20 heavy (non-hydrogen) atoms. The van der Waals surface area contributed by atoms with Gasteiger partial charge in [-0.2, -0.15) is 5.10 Å². The average molecular weight is 280 g/mol. The van der Waals surface area contributed by atoms with Crippen molar-refractivity contribution in [2.24, 2.45) is 12.9 Å². The molecule has 0 radical (unpaired) electrons. The zero-order valence-electron chi connectivity index (χ0n) is 13.5. The predicted octanol–water partition coefficient (Wildman–Crippen LogP) is 3.24. The minimum absolute atomic E-state index is 0.362. The smallest absolute Gasteiger partial charge is 0.0596 e. The second-order valence-electron chi connectivity index (χ2n) is 5.88. The fraction of sp³-hybridized carbons (Fsp3) is 0.812. The number of unbranched alkanes of at least 4 members (excludes halogenated alkanes) is 6. The molecule has 4 nitrogen and oxygen atoms in total. The number of hydrogen-bond donors (Lipinski definition) is 2. The first-order chi connectivity index (χ1) is 9.67. The van der Waals surface area contributed by atoms with E-state index in [1.165, 1.54) is 50.6 Å². The van der Waals surface area contributed by atoms with Crippen molar-refractivity contribution in [3.05, 3.63) is 17.5 Å². The van der Waals surface area contributed by atoms with Crippen molar-refractivity contribution in [2.45, 2.75) is 77.7 Å². The highest BCUT2D eigenvalue weighted by atomic mass is 15.3. The molecule has 0 spiro atoms. The third kappa shape index (κ3) is 6.53. The molecule has 0 bridgehead atoms. The Hall–Kier alpha value is -0.870. The fourth-order valence-electron chi connectivity index (χ4n) is 2.70.